The molecule has 1 aliphatic heterocycles. The fourth-order valence-electron chi connectivity index (χ4n) is 2.88. The molecule has 7 nitrogen and oxygen atoms in total. The number of hydrogen-bond donors (Lipinski definition) is 3. The summed E-state index contributed by atoms with van der Waals surface area (Å²) in [6, 6.07) is 5.00. The molecule has 2 aromatic heterocycles. The molecule has 3 heterocycles. The molecule has 0 unspecified atom stereocenters. The second-order valence-electron chi connectivity index (χ2n) is 6.78. The SMILES string of the molecule is O=C(Nc1ccc(C(F)(F)F)nc1C1CCNCC1)c1ccnc(Cl)c1.O=C(O)C(F)(F)F. The number of piperidine rings is 1. The highest BCUT2D eigenvalue weighted by atomic mass is 35.5. The smallest absolute Gasteiger partial charge is 0.475 e. The molecule has 0 spiro atoms. The third-order valence-corrected chi connectivity index (χ3v) is 4.63. The van der Waals surface area contributed by atoms with Crippen molar-refractivity contribution in [2.24, 2.45) is 0 Å². The van der Waals surface area contributed by atoms with Crippen molar-refractivity contribution in [3.8, 4) is 0 Å². The summed E-state index contributed by atoms with van der Waals surface area (Å²) in [5.41, 5.74) is -0.158. The van der Waals surface area contributed by atoms with Gasteiger partial charge >= 0.3 is 18.3 Å². The van der Waals surface area contributed by atoms with E-state index in [4.69, 9.17) is 21.5 Å². The number of alkyl halides is 6. The predicted molar refractivity (Wildman–Crippen MR) is 105 cm³/mol. The van der Waals surface area contributed by atoms with Crippen LogP contribution in [0.3, 0.4) is 0 Å². The summed E-state index contributed by atoms with van der Waals surface area (Å²) in [5, 5.41) is 13.1. The fraction of sp³-hybridized carbons (Fsp3) is 0.368. The number of carbonyl (C=O) groups is 2. The summed E-state index contributed by atoms with van der Waals surface area (Å²) in [6.45, 7) is 1.38. The molecule has 3 rings (SSSR count). The van der Waals surface area contributed by atoms with Crippen LogP contribution in [0.5, 0.6) is 0 Å². The number of carboxylic acids is 1. The van der Waals surface area contributed by atoms with Gasteiger partial charge in [0.15, 0.2) is 0 Å². The first-order valence-electron chi connectivity index (χ1n) is 9.31. The number of hydrogen-bond acceptors (Lipinski definition) is 5. The molecule has 3 N–H and O–H groups in total. The second-order valence-corrected chi connectivity index (χ2v) is 7.16. The number of pyridine rings is 2. The van der Waals surface area contributed by atoms with E-state index >= 15 is 0 Å². The molecule has 0 aromatic carbocycles. The number of anilines is 1. The fourth-order valence-corrected chi connectivity index (χ4v) is 3.06. The van der Waals surface area contributed by atoms with Crippen LogP contribution in [-0.4, -0.2) is 46.2 Å². The summed E-state index contributed by atoms with van der Waals surface area (Å²) >= 11 is 5.78. The van der Waals surface area contributed by atoms with E-state index in [1.165, 1.54) is 24.4 Å². The molecule has 0 atom stereocenters. The van der Waals surface area contributed by atoms with Gasteiger partial charge in [0.1, 0.15) is 10.8 Å². The third-order valence-electron chi connectivity index (χ3n) is 4.42. The lowest BCUT2D eigenvalue weighted by atomic mass is 9.92. The standard InChI is InChI=1S/C17H16ClF3N4O.C2HF3O2/c18-14-9-11(5-8-23-14)16(26)24-12-1-2-13(17(19,20)21)25-15(12)10-3-6-22-7-4-10;3-2(4,5)1(6)7/h1-2,5,8-10,22H,3-4,6-7H2,(H,24,26);(H,6,7). The van der Waals surface area contributed by atoms with Crippen molar-refractivity contribution >= 4 is 29.2 Å². The summed E-state index contributed by atoms with van der Waals surface area (Å²) in [7, 11) is 0. The Morgan fingerprint density at radius 3 is 2.21 bits per heavy atom. The number of aliphatic carboxylic acids is 1. The van der Waals surface area contributed by atoms with Crippen LogP contribution in [0.2, 0.25) is 5.15 Å². The number of carboxylic acid groups (broad SMARTS) is 1. The number of carbonyl (C=O) groups excluding carboxylic acids is 1. The quantitative estimate of drug-likeness (QED) is 0.425. The van der Waals surface area contributed by atoms with Crippen molar-refractivity contribution in [2.75, 3.05) is 18.4 Å². The Balaban J connectivity index is 0.000000479. The number of amides is 1. The molecule has 1 fully saturated rings. The Morgan fingerprint density at radius 2 is 1.70 bits per heavy atom. The van der Waals surface area contributed by atoms with Crippen LogP contribution < -0.4 is 10.6 Å². The molecule has 33 heavy (non-hydrogen) atoms. The predicted octanol–water partition coefficient (Wildman–Crippen LogP) is 4.50. The maximum Gasteiger partial charge on any atom is 0.490 e. The molecule has 1 amide bonds. The number of halogens is 7. The lowest BCUT2D eigenvalue weighted by Gasteiger charge is -2.25. The maximum absolute atomic E-state index is 13.1. The Morgan fingerprint density at radius 1 is 1.09 bits per heavy atom. The Kier molecular flexibility index (Phi) is 8.61. The zero-order valence-corrected chi connectivity index (χ0v) is 17.4. The minimum atomic E-state index is -5.08. The van der Waals surface area contributed by atoms with Gasteiger partial charge in [-0.1, -0.05) is 11.6 Å². The van der Waals surface area contributed by atoms with Gasteiger partial charge in [-0.15, -0.1) is 0 Å². The van der Waals surface area contributed by atoms with Crippen LogP contribution in [0, 0.1) is 0 Å². The molecule has 14 heteroatoms. The van der Waals surface area contributed by atoms with Crippen LogP contribution in [0.15, 0.2) is 30.5 Å². The summed E-state index contributed by atoms with van der Waals surface area (Å²) < 4.78 is 70.9. The average molecular weight is 499 g/mol. The summed E-state index contributed by atoms with van der Waals surface area (Å²) in [4.78, 5) is 28.9. The van der Waals surface area contributed by atoms with Gasteiger partial charge in [-0.05, 0) is 50.2 Å². The first-order chi connectivity index (χ1) is 15.3. The highest BCUT2D eigenvalue weighted by molar-refractivity contribution is 6.29. The van der Waals surface area contributed by atoms with Crippen molar-refractivity contribution in [3.63, 3.8) is 0 Å². The highest BCUT2D eigenvalue weighted by Crippen LogP contribution is 2.34. The van der Waals surface area contributed by atoms with Crippen LogP contribution >= 0.6 is 11.6 Å². The summed E-state index contributed by atoms with van der Waals surface area (Å²) in [5.74, 6) is -3.39. The van der Waals surface area contributed by atoms with Crippen molar-refractivity contribution in [1.82, 2.24) is 15.3 Å². The van der Waals surface area contributed by atoms with Gasteiger partial charge in [-0.3, -0.25) is 4.79 Å². The van der Waals surface area contributed by atoms with Crippen molar-refractivity contribution in [1.29, 1.82) is 0 Å². The topological polar surface area (TPSA) is 104 Å². The number of nitrogens with one attached hydrogen (secondary N) is 2. The van der Waals surface area contributed by atoms with Gasteiger partial charge in [-0.2, -0.15) is 26.3 Å². The van der Waals surface area contributed by atoms with E-state index in [0.29, 0.717) is 25.9 Å². The van der Waals surface area contributed by atoms with Crippen LogP contribution in [0.4, 0.5) is 32.0 Å². The summed E-state index contributed by atoms with van der Waals surface area (Å²) in [6.07, 6.45) is -6.94. The van der Waals surface area contributed by atoms with Gasteiger partial charge in [0.25, 0.3) is 5.91 Å². The molecule has 1 aliphatic rings. The zero-order valence-electron chi connectivity index (χ0n) is 16.6. The molecule has 2 aromatic rings. The third kappa shape index (κ3) is 7.86. The minimum Gasteiger partial charge on any atom is -0.475 e. The molecule has 0 radical (unpaired) electrons. The first kappa shape index (κ1) is 26.3. The van der Waals surface area contributed by atoms with Gasteiger partial charge in [-0.25, -0.2) is 14.8 Å². The molecular weight excluding hydrogens is 482 g/mol. The highest BCUT2D eigenvalue weighted by Gasteiger charge is 2.38. The van der Waals surface area contributed by atoms with Gasteiger partial charge in [0, 0.05) is 17.7 Å². The number of nitrogens with zero attached hydrogens (tertiary/aromatic N) is 2. The zero-order chi connectivity index (χ0) is 24.8. The molecule has 1 saturated heterocycles. The normalized spacial score (nSPS) is 14.8. The van der Waals surface area contributed by atoms with Gasteiger partial charge in [0.2, 0.25) is 0 Å². The van der Waals surface area contributed by atoms with Gasteiger partial charge in [0.05, 0.1) is 11.4 Å². The van der Waals surface area contributed by atoms with Crippen LogP contribution in [0.25, 0.3) is 0 Å². The van der Waals surface area contributed by atoms with E-state index in [1.807, 2.05) is 0 Å². The van der Waals surface area contributed by atoms with Crippen molar-refractivity contribution in [2.45, 2.75) is 31.1 Å². The van der Waals surface area contributed by atoms with Gasteiger partial charge < -0.3 is 15.7 Å². The molecule has 0 aliphatic carbocycles. The Labute approximate surface area is 188 Å². The van der Waals surface area contributed by atoms with Crippen LogP contribution in [-0.2, 0) is 11.0 Å². The van der Waals surface area contributed by atoms with E-state index in [9.17, 15) is 31.1 Å². The molecule has 0 saturated carbocycles. The molecular formula is C19H17ClF6N4O3. The van der Waals surface area contributed by atoms with E-state index in [0.717, 1.165) is 6.07 Å². The molecule has 0 bridgehead atoms. The van der Waals surface area contributed by atoms with E-state index in [2.05, 4.69) is 20.6 Å². The monoisotopic (exact) mass is 498 g/mol. The Bertz CT molecular complexity index is 994. The first-order valence-corrected chi connectivity index (χ1v) is 9.68. The second kappa shape index (κ2) is 10.8. The largest absolute Gasteiger partial charge is 0.490 e. The van der Waals surface area contributed by atoms with Crippen LogP contribution in [0.1, 0.15) is 40.5 Å². The maximum atomic E-state index is 13.1. The van der Waals surface area contributed by atoms with Crippen molar-refractivity contribution < 1.29 is 41.0 Å². The number of rotatable bonds is 3. The number of aromatic nitrogens is 2. The lowest BCUT2D eigenvalue weighted by Crippen LogP contribution is -2.28. The van der Waals surface area contributed by atoms with Crippen molar-refractivity contribution in [3.05, 3.63) is 52.6 Å². The van der Waals surface area contributed by atoms with E-state index in [-0.39, 0.29) is 28.0 Å². The average Bonchev–Trinajstić information content (AvgIpc) is 2.73. The minimum absolute atomic E-state index is 0.154. The molecule has 180 valence electrons. The lowest BCUT2D eigenvalue weighted by molar-refractivity contribution is -0.192. The van der Waals surface area contributed by atoms with E-state index < -0.39 is 29.9 Å². The van der Waals surface area contributed by atoms with E-state index in [1.54, 1.807) is 0 Å². The Hall–Kier alpha value is -2.93.